The van der Waals surface area contributed by atoms with Crippen molar-refractivity contribution in [2.75, 3.05) is 4.72 Å². The lowest BCUT2D eigenvalue weighted by molar-refractivity contribution is 0.448. The topological polar surface area (TPSA) is 89.5 Å². The van der Waals surface area contributed by atoms with Crippen LogP contribution in [0.2, 0.25) is 0 Å². The summed E-state index contributed by atoms with van der Waals surface area (Å²) in [7, 11) is -3.70. The number of nitrogens with zero attached hydrogens (tertiary/aromatic N) is 3. The van der Waals surface area contributed by atoms with Crippen molar-refractivity contribution in [1.82, 2.24) is 14.5 Å². The highest BCUT2D eigenvalue weighted by Crippen LogP contribution is 2.30. The molecule has 0 aliphatic carbocycles. The van der Waals surface area contributed by atoms with Gasteiger partial charge in [0.25, 0.3) is 0 Å². The highest BCUT2D eigenvalue weighted by Gasteiger charge is 2.19. The molecule has 0 bridgehead atoms. The number of fused-ring (bicyclic) bond motifs is 2. The van der Waals surface area contributed by atoms with Gasteiger partial charge in [-0.2, -0.15) is 0 Å². The molecular weight excluding hydrogens is 396 g/mol. The second kappa shape index (κ2) is 6.47. The van der Waals surface area contributed by atoms with E-state index in [1.165, 1.54) is 11.3 Å². The number of nitrogens with one attached hydrogen (secondary N) is 1. The maximum atomic E-state index is 12.8. The molecule has 0 saturated heterocycles. The Labute approximate surface area is 164 Å². The van der Waals surface area contributed by atoms with E-state index < -0.39 is 10.0 Å². The van der Waals surface area contributed by atoms with Gasteiger partial charge in [0.05, 0.1) is 11.4 Å². The summed E-state index contributed by atoms with van der Waals surface area (Å²) in [6, 6.07) is 14.4. The van der Waals surface area contributed by atoms with Crippen LogP contribution in [-0.2, 0) is 15.8 Å². The summed E-state index contributed by atoms with van der Waals surface area (Å²) in [5, 5.41) is 6.55. The zero-order valence-electron chi connectivity index (χ0n) is 14.4. The molecule has 3 heterocycles. The van der Waals surface area contributed by atoms with Crippen LogP contribution >= 0.6 is 11.3 Å². The van der Waals surface area contributed by atoms with Crippen LogP contribution in [0, 0.1) is 0 Å². The van der Waals surface area contributed by atoms with Crippen LogP contribution in [0.3, 0.4) is 0 Å². The van der Waals surface area contributed by atoms with Crippen LogP contribution in [-0.4, -0.2) is 23.0 Å². The van der Waals surface area contributed by atoms with Gasteiger partial charge in [0.2, 0.25) is 10.0 Å². The molecule has 0 fully saturated rings. The molecule has 0 spiro atoms. The largest absolute Gasteiger partial charge is 0.356 e. The number of hydrogen-bond acceptors (Lipinski definition) is 6. The van der Waals surface area contributed by atoms with Gasteiger partial charge in [-0.15, -0.1) is 11.3 Å². The minimum absolute atomic E-state index is 0.281. The molecule has 3 aromatic heterocycles. The zero-order valence-corrected chi connectivity index (χ0v) is 16.1. The number of hydrogen-bond donors (Lipinski definition) is 1. The van der Waals surface area contributed by atoms with Crippen LogP contribution in [0.25, 0.3) is 27.2 Å². The molecule has 9 heteroatoms. The summed E-state index contributed by atoms with van der Waals surface area (Å²) in [5.41, 5.74) is 2.83. The quantitative estimate of drug-likeness (QED) is 0.470. The maximum Gasteiger partial charge on any atom is 0.238 e. The average Bonchev–Trinajstić information content (AvgIpc) is 3.37. The Morgan fingerprint density at radius 2 is 1.93 bits per heavy atom. The van der Waals surface area contributed by atoms with Crippen LogP contribution in [0.5, 0.6) is 0 Å². The highest BCUT2D eigenvalue weighted by molar-refractivity contribution is 7.91. The van der Waals surface area contributed by atoms with Gasteiger partial charge in [-0.3, -0.25) is 9.12 Å². The summed E-state index contributed by atoms with van der Waals surface area (Å²) >= 11 is 1.52. The van der Waals surface area contributed by atoms with E-state index in [1.54, 1.807) is 24.3 Å². The van der Waals surface area contributed by atoms with Gasteiger partial charge in [-0.25, -0.2) is 13.4 Å². The highest BCUT2D eigenvalue weighted by atomic mass is 32.2. The van der Waals surface area contributed by atoms with E-state index in [0.717, 1.165) is 4.96 Å². The summed E-state index contributed by atoms with van der Waals surface area (Å²) in [5.74, 6) is -0.281. The first kappa shape index (κ1) is 17.0. The first-order valence-corrected chi connectivity index (χ1v) is 11.0. The third-order valence-electron chi connectivity index (χ3n) is 4.34. The van der Waals surface area contributed by atoms with Crippen LogP contribution in [0.15, 0.2) is 70.8 Å². The Morgan fingerprint density at radius 1 is 1.11 bits per heavy atom. The van der Waals surface area contributed by atoms with Crippen molar-refractivity contribution in [1.29, 1.82) is 0 Å². The zero-order chi connectivity index (χ0) is 19.1. The third-order valence-corrected chi connectivity index (χ3v) is 6.30. The molecule has 0 aliphatic heterocycles. The second-order valence-electron chi connectivity index (χ2n) is 6.25. The smallest absolute Gasteiger partial charge is 0.238 e. The van der Waals surface area contributed by atoms with Crippen molar-refractivity contribution < 1.29 is 12.9 Å². The van der Waals surface area contributed by atoms with Gasteiger partial charge in [0.15, 0.2) is 10.5 Å². The molecule has 1 N–H and O–H groups in total. The number of thiazole rings is 1. The third kappa shape index (κ3) is 3.04. The fourth-order valence-electron chi connectivity index (χ4n) is 3.08. The number of para-hydroxylation sites is 2. The standard InChI is InChI=1S/C19H14N4O3S2/c24-28(25,12-17-14-6-2-4-8-18(14)26-21-17)22-15-7-3-1-5-13(15)16-11-23-9-10-27-19(23)20-16/h1-11,22H,12H2. The molecule has 0 saturated carbocycles. The molecule has 0 aliphatic rings. The van der Waals surface area contributed by atoms with Crippen LogP contribution < -0.4 is 4.72 Å². The fourth-order valence-corrected chi connectivity index (χ4v) is 4.93. The minimum atomic E-state index is -3.70. The molecule has 5 aromatic rings. The van der Waals surface area contributed by atoms with E-state index in [4.69, 9.17) is 4.52 Å². The van der Waals surface area contributed by atoms with Crippen molar-refractivity contribution in [3.05, 3.63) is 72.0 Å². The lowest BCUT2D eigenvalue weighted by Gasteiger charge is -2.10. The van der Waals surface area contributed by atoms with Crippen molar-refractivity contribution in [2.24, 2.45) is 0 Å². The Kier molecular flexibility index (Phi) is 3.92. The van der Waals surface area contributed by atoms with E-state index in [1.807, 2.05) is 46.4 Å². The van der Waals surface area contributed by atoms with E-state index in [9.17, 15) is 8.42 Å². The number of imidazole rings is 1. The molecule has 5 rings (SSSR count). The van der Waals surface area contributed by atoms with E-state index in [2.05, 4.69) is 14.9 Å². The number of anilines is 1. The van der Waals surface area contributed by atoms with Gasteiger partial charge in [-0.05, 0) is 18.2 Å². The summed E-state index contributed by atoms with van der Waals surface area (Å²) < 4.78 is 35.4. The number of benzene rings is 2. The molecule has 0 radical (unpaired) electrons. The SMILES string of the molecule is O=S(=O)(Cc1noc2ccccc12)Nc1ccccc1-c1cn2ccsc2n1. The van der Waals surface area contributed by atoms with Crippen molar-refractivity contribution in [2.45, 2.75) is 5.75 Å². The van der Waals surface area contributed by atoms with Gasteiger partial charge in [0, 0.05) is 28.7 Å². The maximum absolute atomic E-state index is 12.8. The molecular formula is C19H14N4O3S2. The predicted molar refractivity (Wildman–Crippen MR) is 109 cm³/mol. The van der Waals surface area contributed by atoms with Gasteiger partial charge < -0.3 is 4.52 Å². The molecule has 0 amide bonds. The van der Waals surface area contributed by atoms with Crippen LogP contribution in [0.1, 0.15) is 5.69 Å². The first-order valence-electron chi connectivity index (χ1n) is 8.44. The van der Waals surface area contributed by atoms with Crippen molar-refractivity contribution in [3.63, 3.8) is 0 Å². The van der Waals surface area contributed by atoms with Gasteiger partial charge in [0.1, 0.15) is 11.4 Å². The number of rotatable bonds is 5. The lowest BCUT2D eigenvalue weighted by atomic mass is 10.1. The number of sulfonamides is 1. The predicted octanol–water partition coefficient (Wildman–Crippen LogP) is 4.15. The number of aromatic nitrogens is 3. The Balaban J connectivity index is 1.48. The molecule has 2 aromatic carbocycles. The van der Waals surface area contributed by atoms with Gasteiger partial charge in [-0.1, -0.05) is 35.5 Å². The Bertz CT molecular complexity index is 1370. The average molecular weight is 410 g/mol. The minimum Gasteiger partial charge on any atom is -0.356 e. The van der Waals surface area contributed by atoms with E-state index in [-0.39, 0.29) is 5.75 Å². The molecule has 7 nitrogen and oxygen atoms in total. The molecule has 0 atom stereocenters. The Hall–Kier alpha value is -3.17. The van der Waals surface area contributed by atoms with Crippen molar-refractivity contribution >= 4 is 43.0 Å². The first-order chi connectivity index (χ1) is 13.6. The lowest BCUT2D eigenvalue weighted by Crippen LogP contribution is -2.16. The molecule has 0 unspecified atom stereocenters. The monoisotopic (exact) mass is 410 g/mol. The molecule has 28 heavy (non-hydrogen) atoms. The molecule has 140 valence electrons. The van der Waals surface area contributed by atoms with Crippen LogP contribution in [0.4, 0.5) is 5.69 Å². The van der Waals surface area contributed by atoms with Gasteiger partial charge >= 0.3 is 0 Å². The Morgan fingerprint density at radius 3 is 2.82 bits per heavy atom. The summed E-state index contributed by atoms with van der Waals surface area (Å²) in [6.07, 6.45) is 3.79. The normalized spacial score (nSPS) is 12.0. The second-order valence-corrected chi connectivity index (χ2v) is 8.85. The summed E-state index contributed by atoms with van der Waals surface area (Å²) in [6.45, 7) is 0. The van der Waals surface area contributed by atoms with E-state index in [0.29, 0.717) is 33.6 Å². The summed E-state index contributed by atoms with van der Waals surface area (Å²) in [4.78, 5) is 5.42. The van der Waals surface area contributed by atoms with Crippen molar-refractivity contribution in [3.8, 4) is 11.3 Å². The fraction of sp³-hybridized carbons (Fsp3) is 0.0526. The van der Waals surface area contributed by atoms with E-state index >= 15 is 0 Å².